The first kappa shape index (κ1) is 24.9. The molecule has 0 aliphatic carbocycles. The molecule has 1 saturated heterocycles. The van der Waals surface area contributed by atoms with Crippen LogP contribution in [0.15, 0.2) is 66.4 Å². The van der Waals surface area contributed by atoms with Crippen molar-refractivity contribution in [2.75, 3.05) is 39.5 Å². The van der Waals surface area contributed by atoms with Crippen LogP contribution < -0.4 is 5.32 Å². The van der Waals surface area contributed by atoms with Gasteiger partial charge in [-0.1, -0.05) is 48.5 Å². The molecule has 0 aromatic heterocycles. The summed E-state index contributed by atoms with van der Waals surface area (Å²) in [7, 11) is -3.97. The summed E-state index contributed by atoms with van der Waals surface area (Å²) in [5.41, 5.74) is 0.703. The summed E-state index contributed by atoms with van der Waals surface area (Å²) in [6.07, 6.45) is 0. The number of carbonyl (C=O) groups excluding carboxylic acids is 2. The molecular formula is C24H29N2O6P. The summed E-state index contributed by atoms with van der Waals surface area (Å²) in [5, 5.41) is 2.76. The van der Waals surface area contributed by atoms with E-state index in [0.29, 0.717) is 37.4 Å². The predicted molar refractivity (Wildman–Crippen MR) is 126 cm³/mol. The number of nitrogens with zero attached hydrogens (tertiary/aromatic N) is 1. The second-order valence-electron chi connectivity index (χ2n) is 7.15. The first-order chi connectivity index (χ1) is 16.0. The zero-order valence-electron chi connectivity index (χ0n) is 18.9. The van der Waals surface area contributed by atoms with Gasteiger partial charge in [0.1, 0.15) is 11.0 Å². The maximum Gasteiger partial charge on any atom is 0.364 e. The minimum absolute atomic E-state index is 0.0348. The molecule has 2 aromatic carbocycles. The quantitative estimate of drug-likeness (QED) is 0.439. The Balaban J connectivity index is 2.21. The Morgan fingerprint density at radius 3 is 1.94 bits per heavy atom. The predicted octanol–water partition coefficient (Wildman–Crippen LogP) is 3.91. The van der Waals surface area contributed by atoms with Crippen LogP contribution in [0.1, 0.15) is 29.8 Å². The summed E-state index contributed by atoms with van der Waals surface area (Å²) in [6, 6.07) is 17.3. The van der Waals surface area contributed by atoms with E-state index < -0.39 is 19.4 Å². The van der Waals surface area contributed by atoms with Gasteiger partial charge in [0.05, 0.1) is 26.4 Å². The number of hydrogen-bond donors (Lipinski definition) is 1. The molecule has 0 radical (unpaired) electrons. The second-order valence-corrected chi connectivity index (χ2v) is 9.11. The van der Waals surface area contributed by atoms with Gasteiger partial charge in [0.15, 0.2) is 0 Å². The Hall–Kier alpha value is -2.77. The summed E-state index contributed by atoms with van der Waals surface area (Å²) < 4.78 is 30.6. The number of benzene rings is 2. The summed E-state index contributed by atoms with van der Waals surface area (Å²) in [5.74, 6) is -0.971. The fraction of sp³-hybridized carbons (Fsp3) is 0.333. The summed E-state index contributed by atoms with van der Waals surface area (Å²) >= 11 is 0. The van der Waals surface area contributed by atoms with Gasteiger partial charge >= 0.3 is 7.60 Å². The topological polar surface area (TPSA) is 94.2 Å². The van der Waals surface area contributed by atoms with Gasteiger partial charge in [0.25, 0.3) is 11.8 Å². The SMILES string of the molecule is CCOP(=O)(OCC)/C(=C(\NC(=O)c1ccccc1)C(=O)N1CCOCC1)c1ccccc1. The Morgan fingerprint density at radius 1 is 0.909 bits per heavy atom. The Kier molecular flexibility index (Phi) is 8.97. The van der Waals surface area contributed by atoms with Crippen molar-refractivity contribution in [3.8, 4) is 0 Å². The highest BCUT2D eigenvalue weighted by Gasteiger charge is 2.38. The Morgan fingerprint density at radius 2 is 1.42 bits per heavy atom. The largest absolute Gasteiger partial charge is 0.378 e. The first-order valence-electron chi connectivity index (χ1n) is 10.9. The lowest BCUT2D eigenvalue weighted by molar-refractivity contribution is -0.131. The molecule has 1 aliphatic rings. The third-order valence-corrected chi connectivity index (χ3v) is 7.17. The summed E-state index contributed by atoms with van der Waals surface area (Å²) in [6.45, 7) is 5.03. The molecule has 3 rings (SSSR count). The van der Waals surface area contributed by atoms with E-state index in [0.717, 1.165) is 0 Å². The van der Waals surface area contributed by atoms with E-state index in [1.54, 1.807) is 79.4 Å². The van der Waals surface area contributed by atoms with Gasteiger partial charge in [-0.3, -0.25) is 14.2 Å². The van der Waals surface area contributed by atoms with Crippen molar-refractivity contribution in [1.29, 1.82) is 0 Å². The van der Waals surface area contributed by atoms with E-state index >= 15 is 0 Å². The van der Waals surface area contributed by atoms with E-state index in [1.807, 2.05) is 0 Å². The van der Waals surface area contributed by atoms with Crippen LogP contribution in [-0.4, -0.2) is 56.2 Å². The third-order valence-electron chi connectivity index (χ3n) is 4.94. The van der Waals surface area contributed by atoms with E-state index in [-0.39, 0.29) is 24.2 Å². The van der Waals surface area contributed by atoms with Gasteiger partial charge in [0, 0.05) is 18.7 Å². The normalized spacial score (nSPS) is 15.0. The maximum atomic E-state index is 14.0. The van der Waals surface area contributed by atoms with Crippen LogP contribution in [0.25, 0.3) is 5.31 Å². The molecule has 1 heterocycles. The zero-order chi connectivity index (χ0) is 23.7. The zero-order valence-corrected chi connectivity index (χ0v) is 19.8. The van der Waals surface area contributed by atoms with Gasteiger partial charge in [-0.2, -0.15) is 0 Å². The van der Waals surface area contributed by atoms with Crippen molar-refractivity contribution >= 4 is 24.7 Å². The molecule has 1 N–H and O–H groups in total. The number of carbonyl (C=O) groups is 2. The Labute approximate surface area is 194 Å². The van der Waals surface area contributed by atoms with Crippen molar-refractivity contribution in [2.45, 2.75) is 13.8 Å². The van der Waals surface area contributed by atoms with Crippen LogP contribution in [0, 0.1) is 0 Å². The average molecular weight is 472 g/mol. The molecule has 0 spiro atoms. The van der Waals surface area contributed by atoms with E-state index in [4.69, 9.17) is 13.8 Å². The van der Waals surface area contributed by atoms with Crippen molar-refractivity contribution in [1.82, 2.24) is 10.2 Å². The number of hydrogen-bond acceptors (Lipinski definition) is 6. The van der Waals surface area contributed by atoms with Crippen molar-refractivity contribution in [3.63, 3.8) is 0 Å². The lowest BCUT2D eigenvalue weighted by atomic mass is 10.1. The number of ether oxygens (including phenoxy) is 1. The molecule has 33 heavy (non-hydrogen) atoms. The van der Waals surface area contributed by atoms with Gasteiger partial charge in [-0.15, -0.1) is 0 Å². The number of morpholine rings is 1. The second kappa shape index (κ2) is 11.9. The lowest BCUT2D eigenvalue weighted by Gasteiger charge is -2.30. The van der Waals surface area contributed by atoms with Gasteiger partial charge in [-0.25, -0.2) is 0 Å². The molecule has 2 amide bonds. The highest BCUT2D eigenvalue weighted by Crippen LogP contribution is 2.61. The van der Waals surface area contributed by atoms with Crippen LogP contribution in [0.3, 0.4) is 0 Å². The standard InChI is InChI=1S/C24H29N2O6P/c1-3-31-33(29,32-4-2)22(19-11-7-5-8-12-19)21(24(28)26-15-17-30-18-16-26)25-23(27)20-13-9-6-10-14-20/h5-14H,3-4,15-18H2,1-2H3,(H,25,27)/b22-21-. The molecule has 0 saturated carbocycles. The van der Waals surface area contributed by atoms with E-state index in [2.05, 4.69) is 5.32 Å². The fourth-order valence-corrected chi connectivity index (χ4v) is 5.36. The minimum Gasteiger partial charge on any atom is -0.378 e. The molecule has 9 heteroatoms. The number of rotatable bonds is 9. The Bertz CT molecular complexity index is 1010. The third kappa shape index (κ3) is 6.18. The highest BCUT2D eigenvalue weighted by atomic mass is 31.2. The molecule has 0 unspecified atom stereocenters. The fourth-order valence-electron chi connectivity index (χ4n) is 3.46. The van der Waals surface area contributed by atoms with Crippen LogP contribution in [0.5, 0.6) is 0 Å². The monoisotopic (exact) mass is 472 g/mol. The molecule has 2 aromatic rings. The minimum atomic E-state index is -3.97. The van der Waals surface area contributed by atoms with Crippen LogP contribution in [0.4, 0.5) is 0 Å². The van der Waals surface area contributed by atoms with Crippen LogP contribution >= 0.6 is 7.60 Å². The van der Waals surface area contributed by atoms with Gasteiger partial charge in [-0.05, 0) is 31.5 Å². The average Bonchev–Trinajstić information content (AvgIpc) is 2.85. The molecule has 176 valence electrons. The highest BCUT2D eigenvalue weighted by molar-refractivity contribution is 7.65. The molecule has 0 atom stereocenters. The lowest BCUT2D eigenvalue weighted by Crippen LogP contribution is -2.45. The van der Waals surface area contributed by atoms with Crippen molar-refractivity contribution < 1.29 is 27.9 Å². The maximum absolute atomic E-state index is 14.0. The smallest absolute Gasteiger partial charge is 0.364 e. The van der Waals surface area contributed by atoms with Gasteiger partial charge in [0.2, 0.25) is 0 Å². The molecule has 1 fully saturated rings. The van der Waals surface area contributed by atoms with Gasteiger partial charge < -0.3 is 24.0 Å². The molecular weight excluding hydrogens is 443 g/mol. The number of nitrogens with one attached hydrogen (secondary N) is 1. The molecule has 0 bridgehead atoms. The van der Waals surface area contributed by atoms with Crippen LogP contribution in [-0.2, 0) is 23.1 Å². The van der Waals surface area contributed by atoms with E-state index in [9.17, 15) is 14.2 Å². The molecule has 8 nitrogen and oxygen atoms in total. The summed E-state index contributed by atoms with van der Waals surface area (Å²) in [4.78, 5) is 28.4. The van der Waals surface area contributed by atoms with Crippen molar-refractivity contribution in [2.24, 2.45) is 0 Å². The van der Waals surface area contributed by atoms with E-state index in [1.165, 1.54) is 0 Å². The first-order valence-corrected chi connectivity index (χ1v) is 12.5. The molecule has 1 aliphatic heterocycles. The van der Waals surface area contributed by atoms with Crippen LogP contribution in [0.2, 0.25) is 0 Å². The number of amides is 2. The van der Waals surface area contributed by atoms with Crippen molar-refractivity contribution in [3.05, 3.63) is 77.5 Å².